The molecule has 1 aromatic carbocycles. The van der Waals surface area contributed by atoms with Crippen LogP contribution in [0.1, 0.15) is 13.3 Å². The Hall–Kier alpha value is -1.69. The number of rotatable bonds is 10. The Morgan fingerprint density at radius 3 is 2.57 bits per heavy atom. The first-order chi connectivity index (χ1) is 10.1. The van der Waals surface area contributed by atoms with Gasteiger partial charge < -0.3 is 15.3 Å². The summed E-state index contributed by atoms with van der Waals surface area (Å²) in [6.07, 6.45) is 0.859. The standard InChI is InChI=1S/C15H22N2O3S/c1-2-17(13-7-4-3-5-8-13)10-6-9-16-14(18)11-21-12-15(19)20/h3-5,7-8H,2,6,9-12H2,1H3,(H,16,18)(H,19,20). The molecule has 0 heterocycles. The zero-order valence-electron chi connectivity index (χ0n) is 12.2. The molecule has 0 aliphatic heterocycles. The van der Waals surface area contributed by atoms with Gasteiger partial charge in [-0.2, -0.15) is 0 Å². The van der Waals surface area contributed by atoms with Gasteiger partial charge in [0.2, 0.25) is 5.91 Å². The molecule has 1 rings (SSSR count). The van der Waals surface area contributed by atoms with Crippen LogP contribution in [0.5, 0.6) is 0 Å². The zero-order valence-corrected chi connectivity index (χ0v) is 13.1. The highest BCUT2D eigenvalue weighted by Gasteiger charge is 2.05. The highest BCUT2D eigenvalue weighted by atomic mass is 32.2. The van der Waals surface area contributed by atoms with Gasteiger partial charge in [0.1, 0.15) is 0 Å². The molecule has 116 valence electrons. The average Bonchev–Trinajstić information content (AvgIpc) is 2.48. The summed E-state index contributed by atoms with van der Waals surface area (Å²) in [5.41, 5.74) is 1.18. The smallest absolute Gasteiger partial charge is 0.313 e. The molecule has 0 fully saturated rings. The summed E-state index contributed by atoms with van der Waals surface area (Å²) in [6, 6.07) is 10.2. The van der Waals surface area contributed by atoms with E-state index in [1.54, 1.807) is 0 Å². The highest BCUT2D eigenvalue weighted by molar-refractivity contribution is 8.00. The quantitative estimate of drug-likeness (QED) is 0.645. The molecule has 1 aromatic rings. The summed E-state index contributed by atoms with van der Waals surface area (Å²) in [5, 5.41) is 11.3. The maximum atomic E-state index is 11.5. The van der Waals surface area contributed by atoms with Crippen LogP contribution in [0, 0.1) is 0 Å². The van der Waals surface area contributed by atoms with Gasteiger partial charge >= 0.3 is 5.97 Å². The fourth-order valence-electron chi connectivity index (χ4n) is 1.89. The number of amides is 1. The molecule has 0 radical (unpaired) electrons. The second kappa shape index (κ2) is 10.1. The van der Waals surface area contributed by atoms with Crippen LogP contribution in [-0.4, -0.2) is 48.1 Å². The van der Waals surface area contributed by atoms with E-state index in [1.807, 2.05) is 18.2 Å². The van der Waals surface area contributed by atoms with Gasteiger partial charge in [-0.3, -0.25) is 9.59 Å². The molecular weight excluding hydrogens is 288 g/mol. The maximum absolute atomic E-state index is 11.5. The van der Waals surface area contributed by atoms with Crippen molar-refractivity contribution in [1.82, 2.24) is 5.32 Å². The van der Waals surface area contributed by atoms with E-state index in [4.69, 9.17) is 5.11 Å². The number of carbonyl (C=O) groups excluding carboxylic acids is 1. The second-order valence-corrected chi connectivity index (χ2v) is 5.49. The molecule has 1 amide bonds. The van der Waals surface area contributed by atoms with Crippen molar-refractivity contribution in [3.63, 3.8) is 0 Å². The predicted molar refractivity (Wildman–Crippen MR) is 86.9 cm³/mol. The lowest BCUT2D eigenvalue weighted by atomic mass is 10.2. The SMILES string of the molecule is CCN(CCCNC(=O)CSCC(=O)O)c1ccccc1. The number of para-hydroxylation sites is 1. The molecule has 0 bridgehead atoms. The largest absolute Gasteiger partial charge is 0.481 e. The second-order valence-electron chi connectivity index (χ2n) is 4.51. The number of carbonyl (C=O) groups is 2. The number of carboxylic acids is 1. The van der Waals surface area contributed by atoms with E-state index in [0.717, 1.165) is 31.3 Å². The van der Waals surface area contributed by atoms with Gasteiger partial charge in [-0.25, -0.2) is 0 Å². The molecule has 0 aliphatic carbocycles. The number of aliphatic carboxylic acids is 1. The van der Waals surface area contributed by atoms with E-state index in [1.165, 1.54) is 5.69 Å². The first-order valence-electron chi connectivity index (χ1n) is 6.99. The lowest BCUT2D eigenvalue weighted by molar-refractivity contribution is -0.133. The van der Waals surface area contributed by atoms with Gasteiger partial charge in [0.25, 0.3) is 0 Å². The number of nitrogens with one attached hydrogen (secondary N) is 1. The van der Waals surface area contributed by atoms with Gasteiger partial charge in [0, 0.05) is 25.3 Å². The van der Waals surface area contributed by atoms with Crippen LogP contribution in [0.15, 0.2) is 30.3 Å². The fraction of sp³-hybridized carbons (Fsp3) is 0.467. The maximum Gasteiger partial charge on any atom is 0.313 e. The summed E-state index contributed by atoms with van der Waals surface area (Å²) in [7, 11) is 0. The molecule has 0 atom stereocenters. The van der Waals surface area contributed by atoms with E-state index >= 15 is 0 Å². The van der Waals surface area contributed by atoms with E-state index < -0.39 is 5.97 Å². The number of hydrogen-bond donors (Lipinski definition) is 2. The molecule has 0 spiro atoms. The summed E-state index contributed by atoms with van der Waals surface area (Å²) in [4.78, 5) is 24.1. The van der Waals surface area contributed by atoms with Crippen molar-refractivity contribution >= 4 is 29.3 Å². The van der Waals surface area contributed by atoms with Crippen LogP contribution in [0.2, 0.25) is 0 Å². The van der Waals surface area contributed by atoms with Crippen LogP contribution in [0.4, 0.5) is 5.69 Å². The average molecular weight is 310 g/mol. The van der Waals surface area contributed by atoms with Crippen molar-refractivity contribution in [2.45, 2.75) is 13.3 Å². The Morgan fingerprint density at radius 2 is 1.95 bits per heavy atom. The molecule has 0 unspecified atom stereocenters. The van der Waals surface area contributed by atoms with Crippen LogP contribution >= 0.6 is 11.8 Å². The number of hydrogen-bond acceptors (Lipinski definition) is 4. The van der Waals surface area contributed by atoms with E-state index in [2.05, 4.69) is 29.3 Å². The van der Waals surface area contributed by atoms with E-state index in [0.29, 0.717) is 6.54 Å². The number of thioether (sulfide) groups is 1. The number of carboxylic acid groups (broad SMARTS) is 1. The topological polar surface area (TPSA) is 69.6 Å². The Morgan fingerprint density at radius 1 is 1.24 bits per heavy atom. The van der Waals surface area contributed by atoms with Gasteiger partial charge in [-0.05, 0) is 25.5 Å². The molecule has 2 N–H and O–H groups in total. The predicted octanol–water partition coefficient (Wildman–Crippen LogP) is 1.84. The summed E-state index contributed by atoms with van der Waals surface area (Å²) in [6.45, 7) is 4.51. The molecule has 5 nitrogen and oxygen atoms in total. The van der Waals surface area contributed by atoms with E-state index in [-0.39, 0.29) is 17.4 Å². The Labute approximate surface area is 129 Å². The van der Waals surface area contributed by atoms with Crippen molar-refractivity contribution in [1.29, 1.82) is 0 Å². The molecule has 6 heteroatoms. The summed E-state index contributed by atoms with van der Waals surface area (Å²) in [5.74, 6) is -0.841. The lowest BCUT2D eigenvalue weighted by Gasteiger charge is -2.23. The minimum Gasteiger partial charge on any atom is -0.481 e. The molecular formula is C15H22N2O3S. The zero-order chi connectivity index (χ0) is 15.5. The molecule has 0 saturated heterocycles. The van der Waals surface area contributed by atoms with E-state index in [9.17, 15) is 9.59 Å². The monoisotopic (exact) mass is 310 g/mol. The molecule has 0 aliphatic rings. The van der Waals surface area contributed by atoms with Crippen molar-refractivity contribution in [2.75, 3.05) is 36.0 Å². The van der Waals surface area contributed by atoms with Crippen molar-refractivity contribution < 1.29 is 14.7 Å². The Bertz CT molecular complexity index is 440. The van der Waals surface area contributed by atoms with Crippen LogP contribution in [0.3, 0.4) is 0 Å². The molecule has 0 saturated carbocycles. The van der Waals surface area contributed by atoms with Gasteiger partial charge in [-0.15, -0.1) is 11.8 Å². The normalized spacial score (nSPS) is 10.1. The molecule has 0 aromatic heterocycles. The third kappa shape index (κ3) is 7.60. The van der Waals surface area contributed by atoms with Gasteiger partial charge in [-0.1, -0.05) is 18.2 Å². The van der Waals surface area contributed by atoms with Crippen LogP contribution < -0.4 is 10.2 Å². The number of anilines is 1. The highest BCUT2D eigenvalue weighted by Crippen LogP contribution is 2.12. The lowest BCUT2D eigenvalue weighted by Crippen LogP contribution is -2.31. The summed E-state index contributed by atoms with van der Waals surface area (Å²) < 4.78 is 0. The van der Waals surface area contributed by atoms with Crippen LogP contribution in [0.25, 0.3) is 0 Å². The minimum atomic E-state index is -0.894. The number of benzene rings is 1. The van der Waals surface area contributed by atoms with Crippen molar-refractivity contribution in [3.05, 3.63) is 30.3 Å². The summed E-state index contributed by atoms with van der Waals surface area (Å²) >= 11 is 1.11. The van der Waals surface area contributed by atoms with Gasteiger partial charge in [0.15, 0.2) is 0 Å². The fourth-order valence-corrected chi connectivity index (χ4v) is 2.45. The Balaban J connectivity index is 2.17. The third-order valence-corrected chi connectivity index (χ3v) is 3.81. The van der Waals surface area contributed by atoms with Gasteiger partial charge in [0.05, 0.1) is 11.5 Å². The number of nitrogens with zero attached hydrogens (tertiary/aromatic N) is 1. The van der Waals surface area contributed by atoms with Crippen molar-refractivity contribution in [2.24, 2.45) is 0 Å². The van der Waals surface area contributed by atoms with Crippen molar-refractivity contribution in [3.8, 4) is 0 Å². The Kier molecular flexibility index (Phi) is 8.35. The van der Waals surface area contributed by atoms with Crippen LogP contribution in [-0.2, 0) is 9.59 Å². The molecule has 21 heavy (non-hydrogen) atoms. The minimum absolute atomic E-state index is 0.0367. The first kappa shape index (κ1) is 17.4. The third-order valence-electron chi connectivity index (χ3n) is 2.89. The first-order valence-corrected chi connectivity index (χ1v) is 8.15.